The van der Waals surface area contributed by atoms with Crippen molar-refractivity contribution in [3.63, 3.8) is 0 Å². The largest absolute Gasteiger partial charge is 0.469 e. The van der Waals surface area contributed by atoms with Gasteiger partial charge in [-0.05, 0) is 43.5 Å². The highest BCUT2D eigenvalue weighted by Crippen LogP contribution is 2.34. The van der Waals surface area contributed by atoms with Gasteiger partial charge in [-0.3, -0.25) is 0 Å². The summed E-state index contributed by atoms with van der Waals surface area (Å²) in [4.78, 5) is 0.163. The van der Waals surface area contributed by atoms with Gasteiger partial charge in [0.05, 0.1) is 17.2 Å². The topological polar surface area (TPSA) is 85.3 Å². The zero-order chi connectivity index (χ0) is 15.0. The summed E-state index contributed by atoms with van der Waals surface area (Å²) < 4.78 is 28.7. The minimum absolute atomic E-state index is 0.141. The Morgan fingerprint density at radius 3 is 2.90 bits per heavy atom. The third-order valence-corrected chi connectivity index (χ3v) is 5.03. The lowest BCUT2D eigenvalue weighted by Gasteiger charge is -2.25. The molecule has 0 aliphatic heterocycles. The van der Waals surface area contributed by atoms with Gasteiger partial charge in [0, 0.05) is 17.7 Å². The van der Waals surface area contributed by atoms with Crippen molar-refractivity contribution in [3.05, 3.63) is 47.4 Å². The number of aryl methyl sites for hydroxylation is 1. The normalized spacial score (nSPS) is 18.3. The van der Waals surface area contributed by atoms with Gasteiger partial charge in [0.15, 0.2) is 0 Å². The molecular weight excluding hydrogens is 288 g/mol. The average Bonchev–Trinajstić information content (AvgIpc) is 2.89. The van der Waals surface area contributed by atoms with E-state index in [-0.39, 0.29) is 10.9 Å². The lowest BCUT2D eigenvalue weighted by Crippen LogP contribution is -2.18. The fourth-order valence-electron chi connectivity index (χ4n) is 2.90. The lowest BCUT2D eigenvalue weighted by molar-refractivity contribution is 0.461. The number of fused-ring (bicyclic) bond motifs is 1. The predicted octanol–water partition coefficient (Wildman–Crippen LogP) is 2.72. The summed E-state index contributed by atoms with van der Waals surface area (Å²) in [5, 5.41) is 8.67. The standard InChI is InChI=1S/C15H18N2O3S/c1-10-12(4-3-7-15(10)21(16,18)19)17-13-5-2-6-14-11(13)8-9-20-14/h3-4,7-9,13,17H,2,5-6H2,1H3,(H2,16,18,19). The Morgan fingerprint density at radius 1 is 1.33 bits per heavy atom. The fourth-order valence-corrected chi connectivity index (χ4v) is 3.71. The zero-order valence-electron chi connectivity index (χ0n) is 11.8. The first kappa shape index (κ1) is 14.2. The Labute approximate surface area is 124 Å². The van der Waals surface area contributed by atoms with Crippen LogP contribution in [0.2, 0.25) is 0 Å². The van der Waals surface area contributed by atoms with Crippen LogP contribution in [0.15, 0.2) is 39.8 Å². The molecule has 6 heteroatoms. The van der Waals surface area contributed by atoms with Crippen molar-refractivity contribution < 1.29 is 12.8 Å². The summed E-state index contributed by atoms with van der Waals surface area (Å²) in [6.45, 7) is 1.77. The van der Waals surface area contributed by atoms with Crippen molar-refractivity contribution in [2.75, 3.05) is 5.32 Å². The van der Waals surface area contributed by atoms with Gasteiger partial charge < -0.3 is 9.73 Å². The summed E-state index contributed by atoms with van der Waals surface area (Å²) in [7, 11) is -3.71. The van der Waals surface area contributed by atoms with Crippen LogP contribution in [0, 0.1) is 6.92 Å². The highest BCUT2D eigenvalue weighted by Gasteiger charge is 2.23. The smallest absolute Gasteiger partial charge is 0.238 e. The van der Waals surface area contributed by atoms with Gasteiger partial charge in [-0.2, -0.15) is 0 Å². The number of hydrogen-bond acceptors (Lipinski definition) is 4. The number of nitrogens with one attached hydrogen (secondary N) is 1. The van der Waals surface area contributed by atoms with Gasteiger partial charge in [0.2, 0.25) is 10.0 Å². The summed E-state index contributed by atoms with van der Waals surface area (Å²) in [5.74, 6) is 1.01. The number of primary sulfonamides is 1. The van der Waals surface area contributed by atoms with E-state index in [9.17, 15) is 8.42 Å². The van der Waals surface area contributed by atoms with Crippen molar-refractivity contribution >= 4 is 15.7 Å². The predicted molar refractivity (Wildman–Crippen MR) is 80.6 cm³/mol. The minimum atomic E-state index is -3.71. The van der Waals surface area contributed by atoms with Crippen LogP contribution < -0.4 is 10.5 Å². The molecule has 3 rings (SSSR count). The van der Waals surface area contributed by atoms with Crippen molar-refractivity contribution in [2.24, 2.45) is 5.14 Å². The van der Waals surface area contributed by atoms with E-state index in [0.717, 1.165) is 36.3 Å². The van der Waals surface area contributed by atoms with E-state index in [4.69, 9.17) is 9.56 Å². The van der Waals surface area contributed by atoms with E-state index in [2.05, 4.69) is 5.32 Å². The quantitative estimate of drug-likeness (QED) is 0.913. The van der Waals surface area contributed by atoms with E-state index in [1.54, 1.807) is 19.3 Å². The maximum atomic E-state index is 11.6. The highest BCUT2D eigenvalue weighted by atomic mass is 32.2. The second-order valence-electron chi connectivity index (χ2n) is 5.36. The van der Waals surface area contributed by atoms with Crippen molar-refractivity contribution in [3.8, 4) is 0 Å². The molecule has 0 saturated heterocycles. The maximum Gasteiger partial charge on any atom is 0.238 e. The van der Waals surface area contributed by atoms with Gasteiger partial charge in [0.25, 0.3) is 0 Å². The Balaban J connectivity index is 1.94. The number of furan rings is 1. The van der Waals surface area contributed by atoms with Crippen LogP contribution >= 0.6 is 0 Å². The Bertz CT molecular complexity index is 765. The third-order valence-electron chi connectivity index (χ3n) is 3.97. The molecule has 0 fully saturated rings. The minimum Gasteiger partial charge on any atom is -0.469 e. The van der Waals surface area contributed by atoms with Gasteiger partial charge in [-0.25, -0.2) is 13.6 Å². The molecule has 0 amide bonds. The summed E-state index contributed by atoms with van der Waals surface area (Å²) in [5.41, 5.74) is 2.60. The van der Waals surface area contributed by atoms with Crippen LogP contribution in [0.25, 0.3) is 0 Å². The molecular formula is C15H18N2O3S. The maximum absolute atomic E-state index is 11.6. The third kappa shape index (κ3) is 2.69. The summed E-state index contributed by atoms with van der Waals surface area (Å²) >= 11 is 0. The molecule has 3 N–H and O–H groups in total. The number of nitrogens with two attached hydrogens (primary N) is 1. The van der Waals surface area contributed by atoms with E-state index in [0.29, 0.717) is 5.56 Å². The van der Waals surface area contributed by atoms with Crippen LogP contribution in [-0.2, 0) is 16.4 Å². The SMILES string of the molecule is Cc1c(NC2CCCc3occc32)cccc1S(N)(=O)=O. The molecule has 0 bridgehead atoms. The van der Waals surface area contributed by atoms with Gasteiger partial charge in [0.1, 0.15) is 5.76 Å². The first-order chi connectivity index (χ1) is 9.97. The first-order valence-electron chi connectivity index (χ1n) is 6.92. The van der Waals surface area contributed by atoms with Crippen molar-refractivity contribution in [1.29, 1.82) is 0 Å². The molecule has 1 heterocycles. The van der Waals surface area contributed by atoms with Gasteiger partial charge >= 0.3 is 0 Å². The number of sulfonamides is 1. The van der Waals surface area contributed by atoms with E-state index in [1.165, 1.54) is 6.07 Å². The highest BCUT2D eigenvalue weighted by molar-refractivity contribution is 7.89. The molecule has 5 nitrogen and oxygen atoms in total. The van der Waals surface area contributed by atoms with Gasteiger partial charge in [-0.1, -0.05) is 6.07 Å². The molecule has 0 radical (unpaired) electrons. The molecule has 1 aliphatic carbocycles. The van der Waals surface area contributed by atoms with Crippen molar-refractivity contribution in [1.82, 2.24) is 0 Å². The molecule has 2 aromatic rings. The molecule has 1 aromatic carbocycles. The molecule has 1 aliphatic rings. The van der Waals surface area contributed by atoms with Crippen LogP contribution in [-0.4, -0.2) is 8.42 Å². The van der Waals surface area contributed by atoms with Gasteiger partial charge in [-0.15, -0.1) is 0 Å². The molecule has 0 saturated carbocycles. The number of rotatable bonds is 3. The molecule has 1 aromatic heterocycles. The summed E-state index contributed by atoms with van der Waals surface area (Å²) in [6.07, 6.45) is 4.70. The van der Waals surface area contributed by atoms with Crippen LogP contribution in [0.5, 0.6) is 0 Å². The molecule has 1 unspecified atom stereocenters. The average molecular weight is 306 g/mol. The monoisotopic (exact) mass is 306 g/mol. The van der Waals surface area contributed by atoms with Crippen LogP contribution in [0.3, 0.4) is 0 Å². The molecule has 0 spiro atoms. The van der Waals surface area contributed by atoms with E-state index < -0.39 is 10.0 Å². The Hall–Kier alpha value is -1.79. The Kier molecular flexibility index (Phi) is 3.51. The van der Waals surface area contributed by atoms with E-state index >= 15 is 0 Å². The fraction of sp³-hybridized carbons (Fsp3) is 0.333. The molecule has 1 atom stereocenters. The van der Waals surface area contributed by atoms with Crippen LogP contribution in [0.4, 0.5) is 5.69 Å². The second kappa shape index (κ2) is 5.20. The van der Waals surface area contributed by atoms with E-state index in [1.807, 2.05) is 12.1 Å². The number of hydrogen-bond donors (Lipinski definition) is 2. The molecule has 112 valence electrons. The molecule has 21 heavy (non-hydrogen) atoms. The lowest BCUT2D eigenvalue weighted by atomic mass is 9.93. The number of benzene rings is 1. The van der Waals surface area contributed by atoms with Crippen LogP contribution in [0.1, 0.15) is 35.8 Å². The Morgan fingerprint density at radius 2 is 2.14 bits per heavy atom. The summed E-state index contributed by atoms with van der Waals surface area (Å²) in [6, 6.07) is 7.22. The van der Waals surface area contributed by atoms with Crippen molar-refractivity contribution in [2.45, 2.75) is 37.1 Å². The first-order valence-corrected chi connectivity index (χ1v) is 8.46. The number of anilines is 1. The zero-order valence-corrected chi connectivity index (χ0v) is 12.6. The second-order valence-corrected chi connectivity index (χ2v) is 6.89.